The van der Waals surface area contributed by atoms with Gasteiger partial charge in [-0.25, -0.2) is 9.97 Å². The summed E-state index contributed by atoms with van der Waals surface area (Å²) in [7, 11) is 1.76. The fourth-order valence-electron chi connectivity index (χ4n) is 4.82. The summed E-state index contributed by atoms with van der Waals surface area (Å²) in [5, 5.41) is 13.5. The van der Waals surface area contributed by atoms with Crippen molar-refractivity contribution in [2.45, 2.75) is 39.4 Å². The first kappa shape index (κ1) is 28.1. The molecule has 41 heavy (non-hydrogen) atoms. The maximum absolute atomic E-state index is 13.7. The van der Waals surface area contributed by atoms with Gasteiger partial charge in [-0.1, -0.05) is 6.07 Å². The van der Waals surface area contributed by atoms with Crippen LogP contribution in [-0.4, -0.2) is 50.7 Å². The average Bonchev–Trinajstić information content (AvgIpc) is 3.58. The van der Waals surface area contributed by atoms with Crippen LogP contribution in [0.3, 0.4) is 0 Å². The van der Waals surface area contributed by atoms with Gasteiger partial charge in [0.1, 0.15) is 18.0 Å². The topological polar surface area (TPSA) is 100 Å². The molecule has 12 heteroatoms. The van der Waals surface area contributed by atoms with Crippen LogP contribution >= 0.6 is 0 Å². The lowest BCUT2D eigenvalue weighted by Crippen LogP contribution is -2.19. The number of amides is 1. The Bertz CT molecular complexity index is 1560. The molecule has 1 saturated heterocycles. The normalized spacial score (nSPS) is 13.8. The minimum absolute atomic E-state index is 0.104. The average molecular weight is 565 g/mol. The van der Waals surface area contributed by atoms with Crippen molar-refractivity contribution < 1.29 is 18.0 Å². The van der Waals surface area contributed by atoms with Gasteiger partial charge in [-0.15, -0.1) is 0 Å². The molecule has 2 aromatic heterocycles. The van der Waals surface area contributed by atoms with Gasteiger partial charge in [-0.3, -0.25) is 9.69 Å². The molecule has 214 valence electrons. The molecule has 3 heterocycles. The first-order chi connectivity index (χ1) is 19.6. The van der Waals surface area contributed by atoms with E-state index >= 15 is 0 Å². The van der Waals surface area contributed by atoms with Crippen LogP contribution in [0.15, 0.2) is 54.9 Å². The standard InChI is InChI=1S/C29H31F3N8O/c1-18-6-7-21(13-24(18)37-27-10-19(2)38-40(27)26-15-25(33-3)34-17-35-26)28(41)36-23-12-20(16-39-8-4-5-9-39)11-22(14-23)29(30,31)32/h6-7,10-15,17,37H,4-5,8-9,16H2,1-3H3,(H,36,41)(H,33,34,35). The predicted octanol–water partition coefficient (Wildman–Crippen LogP) is 5.93. The van der Waals surface area contributed by atoms with Crippen molar-refractivity contribution in [1.82, 2.24) is 24.6 Å². The number of aryl methyl sites for hydroxylation is 2. The maximum Gasteiger partial charge on any atom is 0.416 e. The number of likely N-dealkylation sites (tertiary alicyclic amines) is 1. The van der Waals surface area contributed by atoms with Crippen LogP contribution in [0.1, 0.15) is 45.6 Å². The predicted molar refractivity (Wildman–Crippen MR) is 152 cm³/mol. The molecule has 1 aliphatic rings. The van der Waals surface area contributed by atoms with Crippen LogP contribution in [-0.2, 0) is 12.7 Å². The number of nitrogens with zero attached hydrogens (tertiary/aromatic N) is 5. The van der Waals surface area contributed by atoms with E-state index in [4.69, 9.17) is 0 Å². The van der Waals surface area contributed by atoms with Crippen LogP contribution in [0.25, 0.3) is 5.82 Å². The van der Waals surface area contributed by atoms with Crippen molar-refractivity contribution in [2.24, 2.45) is 0 Å². The number of carbonyl (C=O) groups is 1. The smallest absolute Gasteiger partial charge is 0.373 e. The summed E-state index contributed by atoms with van der Waals surface area (Å²) < 4.78 is 42.7. The van der Waals surface area contributed by atoms with Gasteiger partial charge in [0, 0.05) is 42.7 Å². The van der Waals surface area contributed by atoms with Crippen molar-refractivity contribution in [1.29, 1.82) is 0 Å². The molecule has 2 aromatic carbocycles. The Morgan fingerprint density at radius 1 is 1.00 bits per heavy atom. The van der Waals surface area contributed by atoms with E-state index in [0.717, 1.165) is 49.3 Å². The fourth-order valence-corrected chi connectivity index (χ4v) is 4.82. The van der Waals surface area contributed by atoms with Gasteiger partial charge < -0.3 is 16.0 Å². The zero-order chi connectivity index (χ0) is 29.1. The number of alkyl halides is 3. The zero-order valence-corrected chi connectivity index (χ0v) is 23.0. The van der Waals surface area contributed by atoms with Crippen LogP contribution in [0.2, 0.25) is 0 Å². The Kier molecular flexibility index (Phi) is 7.93. The van der Waals surface area contributed by atoms with Crippen molar-refractivity contribution in [3.63, 3.8) is 0 Å². The number of aromatic nitrogens is 4. The second-order valence-corrected chi connectivity index (χ2v) is 10.1. The molecule has 5 rings (SSSR count). The van der Waals surface area contributed by atoms with E-state index in [1.54, 1.807) is 42.1 Å². The van der Waals surface area contributed by atoms with Crippen LogP contribution in [0.5, 0.6) is 0 Å². The Labute approximate surface area is 235 Å². The molecule has 0 unspecified atom stereocenters. The largest absolute Gasteiger partial charge is 0.416 e. The SMILES string of the molecule is CNc1cc(-n2nc(C)cc2Nc2cc(C(=O)Nc3cc(CN4CCCC4)cc(C(F)(F)F)c3)ccc2C)ncn1. The summed E-state index contributed by atoms with van der Waals surface area (Å²) in [4.78, 5) is 23.8. The first-order valence-corrected chi connectivity index (χ1v) is 13.3. The van der Waals surface area contributed by atoms with E-state index in [-0.39, 0.29) is 5.69 Å². The Balaban J connectivity index is 1.40. The molecule has 0 saturated carbocycles. The number of benzene rings is 2. The summed E-state index contributed by atoms with van der Waals surface area (Å²) in [6.45, 7) is 5.85. The van der Waals surface area contributed by atoms with Gasteiger partial charge >= 0.3 is 6.18 Å². The molecular formula is C29H31F3N8O. The Morgan fingerprint density at radius 3 is 2.51 bits per heavy atom. The highest BCUT2D eigenvalue weighted by atomic mass is 19.4. The van der Waals surface area contributed by atoms with E-state index in [0.29, 0.717) is 40.8 Å². The van der Waals surface area contributed by atoms with E-state index < -0.39 is 17.6 Å². The van der Waals surface area contributed by atoms with Crippen molar-refractivity contribution in [3.8, 4) is 5.82 Å². The van der Waals surface area contributed by atoms with E-state index in [9.17, 15) is 18.0 Å². The van der Waals surface area contributed by atoms with Crippen molar-refractivity contribution in [3.05, 3.63) is 82.8 Å². The lowest BCUT2D eigenvalue weighted by atomic mass is 10.1. The number of anilines is 4. The highest BCUT2D eigenvalue weighted by Gasteiger charge is 2.31. The van der Waals surface area contributed by atoms with E-state index in [1.165, 1.54) is 6.33 Å². The molecule has 1 aliphatic heterocycles. The summed E-state index contributed by atoms with van der Waals surface area (Å²) in [5.41, 5.74) is 2.37. The monoisotopic (exact) mass is 564 g/mol. The van der Waals surface area contributed by atoms with Crippen LogP contribution in [0, 0.1) is 13.8 Å². The summed E-state index contributed by atoms with van der Waals surface area (Å²) in [6, 6.07) is 12.4. The van der Waals surface area contributed by atoms with Gasteiger partial charge in [0.05, 0.1) is 11.3 Å². The molecule has 3 N–H and O–H groups in total. The molecule has 0 atom stereocenters. The van der Waals surface area contributed by atoms with Gasteiger partial charge in [-0.2, -0.15) is 23.0 Å². The highest BCUT2D eigenvalue weighted by molar-refractivity contribution is 6.05. The minimum Gasteiger partial charge on any atom is -0.373 e. The minimum atomic E-state index is -4.53. The zero-order valence-electron chi connectivity index (χ0n) is 23.0. The van der Waals surface area contributed by atoms with E-state index in [1.807, 2.05) is 19.9 Å². The lowest BCUT2D eigenvalue weighted by molar-refractivity contribution is -0.137. The highest BCUT2D eigenvalue weighted by Crippen LogP contribution is 2.33. The summed E-state index contributed by atoms with van der Waals surface area (Å²) >= 11 is 0. The Hall–Kier alpha value is -4.45. The lowest BCUT2D eigenvalue weighted by Gasteiger charge is -2.18. The second-order valence-electron chi connectivity index (χ2n) is 10.1. The van der Waals surface area contributed by atoms with Crippen molar-refractivity contribution >= 4 is 28.9 Å². The van der Waals surface area contributed by atoms with Gasteiger partial charge in [0.2, 0.25) is 0 Å². The number of hydrogen-bond acceptors (Lipinski definition) is 7. The molecule has 1 amide bonds. The molecule has 0 aliphatic carbocycles. The van der Waals surface area contributed by atoms with Gasteiger partial charge in [0.25, 0.3) is 5.91 Å². The third-order valence-corrected chi connectivity index (χ3v) is 6.90. The molecule has 0 spiro atoms. The molecule has 9 nitrogen and oxygen atoms in total. The molecule has 0 bridgehead atoms. The Morgan fingerprint density at radius 2 is 1.78 bits per heavy atom. The third-order valence-electron chi connectivity index (χ3n) is 6.90. The molecule has 4 aromatic rings. The molecular weight excluding hydrogens is 533 g/mol. The number of rotatable bonds is 8. The number of carbonyl (C=O) groups excluding carboxylic acids is 1. The summed E-state index contributed by atoms with van der Waals surface area (Å²) in [6.07, 6.45) is -1.03. The van der Waals surface area contributed by atoms with Crippen molar-refractivity contribution in [2.75, 3.05) is 36.1 Å². The molecule has 1 fully saturated rings. The second kappa shape index (κ2) is 11.6. The number of nitrogens with one attached hydrogen (secondary N) is 3. The van der Waals surface area contributed by atoms with Gasteiger partial charge in [0.15, 0.2) is 5.82 Å². The van der Waals surface area contributed by atoms with Gasteiger partial charge in [-0.05, 0) is 81.2 Å². The van der Waals surface area contributed by atoms with E-state index in [2.05, 4.69) is 35.9 Å². The fraction of sp³-hybridized carbons (Fsp3) is 0.310. The number of halogens is 3. The maximum atomic E-state index is 13.7. The first-order valence-electron chi connectivity index (χ1n) is 13.3. The quantitative estimate of drug-likeness (QED) is 0.244. The summed E-state index contributed by atoms with van der Waals surface area (Å²) in [5.74, 6) is 1.27. The van der Waals surface area contributed by atoms with Crippen LogP contribution < -0.4 is 16.0 Å². The molecule has 0 radical (unpaired) electrons. The third kappa shape index (κ3) is 6.65. The number of hydrogen-bond donors (Lipinski definition) is 3. The van der Waals surface area contributed by atoms with Crippen LogP contribution in [0.4, 0.5) is 36.2 Å².